The summed E-state index contributed by atoms with van der Waals surface area (Å²) in [6.07, 6.45) is 3.23. The number of nitrogens with one attached hydrogen (secondary N) is 1. The second-order valence-corrected chi connectivity index (χ2v) is 9.47. The van der Waals surface area contributed by atoms with E-state index in [1.807, 2.05) is 51.1 Å². The largest absolute Gasteiger partial charge is 0.493 e. The van der Waals surface area contributed by atoms with E-state index in [1.165, 1.54) is 17.4 Å². The average Bonchev–Trinajstić information content (AvgIpc) is 3.05. The Kier molecular flexibility index (Phi) is 7.03. The molecule has 7 heteroatoms. The van der Waals surface area contributed by atoms with Crippen molar-refractivity contribution in [2.75, 3.05) is 7.11 Å². The van der Waals surface area contributed by atoms with E-state index in [1.54, 1.807) is 25.3 Å². The Morgan fingerprint density at radius 1 is 1.16 bits per heavy atom. The van der Waals surface area contributed by atoms with Crippen molar-refractivity contribution in [2.45, 2.75) is 27.4 Å². The van der Waals surface area contributed by atoms with Crippen LogP contribution in [0, 0.1) is 5.41 Å². The van der Waals surface area contributed by atoms with Gasteiger partial charge in [-0.15, -0.1) is 11.3 Å². The lowest BCUT2D eigenvalue weighted by Gasteiger charge is -2.12. The van der Waals surface area contributed by atoms with Crippen molar-refractivity contribution in [1.29, 1.82) is 0 Å². The summed E-state index contributed by atoms with van der Waals surface area (Å²) in [5.74, 6) is 1.08. The topological polar surface area (TPSA) is 68.4 Å². The van der Waals surface area contributed by atoms with E-state index in [9.17, 15) is 9.59 Å². The Morgan fingerprint density at radius 2 is 1.90 bits per heavy atom. The van der Waals surface area contributed by atoms with Crippen LogP contribution in [-0.4, -0.2) is 17.9 Å². The summed E-state index contributed by atoms with van der Waals surface area (Å²) in [5, 5.41) is 0.640. The molecule has 0 unspecified atom stereocenters. The summed E-state index contributed by atoms with van der Waals surface area (Å²) in [6.45, 7) is 5.83. The molecule has 1 N–H and O–H groups in total. The Hall–Kier alpha value is -2.83. The van der Waals surface area contributed by atoms with Gasteiger partial charge in [-0.1, -0.05) is 56.6 Å². The number of hydrogen-bond acceptors (Lipinski definition) is 5. The number of carbonyl (C=O) groups is 1. The Morgan fingerprint density at radius 3 is 2.58 bits per heavy atom. The van der Waals surface area contributed by atoms with Crippen LogP contribution in [0.5, 0.6) is 11.5 Å². The molecular weight excluding hydrogens is 434 g/mol. The summed E-state index contributed by atoms with van der Waals surface area (Å²) in [7, 11) is 1.56. The Balaban J connectivity index is 1.87. The van der Waals surface area contributed by atoms with Gasteiger partial charge in [-0.25, -0.2) is 0 Å². The molecule has 0 amide bonds. The van der Waals surface area contributed by atoms with Crippen LogP contribution in [0.1, 0.15) is 31.9 Å². The third-order valence-corrected chi connectivity index (χ3v) is 5.84. The van der Waals surface area contributed by atoms with Crippen molar-refractivity contribution in [3.05, 3.63) is 78.2 Å². The Bertz CT molecular complexity index is 1270. The molecule has 3 aromatic rings. The predicted octanol–water partition coefficient (Wildman–Crippen LogP) is 3.90. The minimum absolute atomic E-state index is 0.0433. The summed E-state index contributed by atoms with van der Waals surface area (Å²) < 4.78 is 12.4. The first-order valence-electron chi connectivity index (χ1n) is 9.68. The molecule has 162 valence electrons. The van der Waals surface area contributed by atoms with Crippen molar-refractivity contribution < 1.29 is 14.3 Å². The number of thiazole rings is 1. The molecule has 0 radical (unpaired) electrons. The van der Waals surface area contributed by atoms with Crippen LogP contribution in [0.3, 0.4) is 0 Å². The fourth-order valence-corrected chi connectivity index (χ4v) is 3.75. The van der Waals surface area contributed by atoms with Crippen LogP contribution in [0.4, 0.5) is 0 Å². The summed E-state index contributed by atoms with van der Waals surface area (Å²) in [4.78, 5) is 27.2. The van der Waals surface area contributed by atoms with E-state index >= 15 is 0 Å². The highest BCUT2D eigenvalue weighted by Gasteiger charge is 2.18. The molecule has 0 spiro atoms. The molecular formula is C24H24ClNO4S. The van der Waals surface area contributed by atoms with Crippen molar-refractivity contribution in [1.82, 2.24) is 4.98 Å². The number of aromatic nitrogens is 1. The van der Waals surface area contributed by atoms with Gasteiger partial charge in [0, 0.05) is 22.1 Å². The van der Waals surface area contributed by atoms with E-state index in [-0.39, 0.29) is 11.3 Å². The number of ketones is 1. The lowest BCUT2D eigenvalue weighted by atomic mass is 9.91. The maximum absolute atomic E-state index is 12.3. The maximum Gasteiger partial charge on any atom is 0.266 e. The number of hydrogen-bond donors (Lipinski definition) is 1. The SMILES string of the molecule is COc1cc(/C=c2/s/c(=C/C(=O)C(C)(C)C)[nH]c2=O)ccc1OCc1ccccc1Cl. The molecule has 0 saturated heterocycles. The lowest BCUT2D eigenvalue weighted by Crippen LogP contribution is -2.22. The molecule has 0 saturated carbocycles. The number of carbonyl (C=O) groups excluding carboxylic acids is 1. The Labute approximate surface area is 189 Å². The first kappa shape index (κ1) is 22.8. The highest BCUT2D eigenvalue weighted by molar-refractivity contribution is 7.07. The van der Waals surface area contributed by atoms with Gasteiger partial charge in [0.05, 0.1) is 16.3 Å². The predicted molar refractivity (Wildman–Crippen MR) is 125 cm³/mol. The number of aromatic amines is 1. The number of benzene rings is 2. The molecule has 0 atom stereocenters. The fraction of sp³-hybridized carbons (Fsp3) is 0.250. The van der Waals surface area contributed by atoms with Gasteiger partial charge in [-0.3, -0.25) is 9.59 Å². The number of halogens is 1. The van der Waals surface area contributed by atoms with E-state index in [2.05, 4.69) is 4.98 Å². The molecule has 0 bridgehead atoms. The highest BCUT2D eigenvalue weighted by atomic mass is 35.5. The van der Waals surface area contributed by atoms with Crippen molar-refractivity contribution in [3.63, 3.8) is 0 Å². The molecule has 1 aromatic heterocycles. The number of ether oxygens (including phenoxy) is 2. The zero-order chi connectivity index (χ0) is 22.6. The second-order valence-electron chi connectivity index (χ2n) is 7.98. The van der Waals surface area contributed by atoms with Crippen LogP contribution in [-0.2, 0) is 11.4 Å². The third-order valence-electron chi connectivity index (χ3n) is 4.51. The van der Waals surface area contributed by atoms with Crippen molar-refractivity contribution >= 4 is 40.9 Å². The molecule has 5 nitrogen and oxygen atoms in total. The number of rotatable bonds is 6. The van der Waals surface area contributed by atoms with Gasteiger partial charge in [0.15, 0.2) is 17.3 Å². The highest BCUT2D eigenvalue weighted by Crippen LogP contribution is 2.29. The standard InChI is InChI=1S/C24H24ClNO4S/c1-24(2,3)21(27)13-22-26-23(28)20(31-22)12-15-9-10-18(19(11-15)29-4)30-14-16-7-5-6-8-17(16)25/h5-13H,14H2,1-4H3,(H,26,28)/b20-12+,22-13+. The van der Waals surface area contributed by atoms with E-state index < -0.39 is 5.41 Å². The van der Waals surface area contributed by atoms with Crippen molar-refractivity contribution in [2.24, 2.45) is 5.41 Å². The van der Waals surface area contributed by atoms with Crippen LogP contribution in [0.2, 0.25) is 5.02 Å². The molecule has 1 heterocycles. The monoisotopic (exact) mass is 457 g/mol. The molecule has 2 aromatic carbocycles. The summed E-state index contributed by atoms with van der Waals surface area (Å²) in [6, 6.07) is 12.9. The average molecular weight is 458 g/mol. The van der Waals surface area contributed by atoms with E-state index in [0.29, 0.717) is 32.3 Å². The lowest BCUT2D eigenvalue weighted by molar-refractivity contribution is -0.119. The van der Waals surface area contributed by atoms with E-state index in [0.717, 1.165) is 11.1 Å². The summed E-state index contributed by atoms with van der Waals surface area (Å²) in [5.41, 5.74) is 0.914. The van der Waals surface area contributed by atoms with Gasteiger partial charge in [0.25, 0.3) is 5.56 Å². The molecule has 31 heavy (non-hydrogen) atoms. The van der Waals surface area contributed by atoms with Crippen LogP contribution >= 0.6 is 22.9 Å². The van der Waals surface area contributed by atoms with Crippen LogP contribution in [0.15, 0.2) is 47.3 Å². The summed E-state index contributed by atoms with van der Waals surface area (Å²) >= 11 is 7.42. The molecule has 0 aliphatic heterocycles. The number of Topliss-reactive ketones (excluding diaryl/α,β-unsaturated/α-hetero) is 1. The quantitative estimate of drug-likeness (QED) is 0.609. The minimum Gasteiger partial charge on any atom is -0.493 e. The molecule has 3 rings (SSSR count). The smallest absolute Gasteiger partial charge is 0.266 e. The van der Waals surface area contributed by atoms with Crippen molar-refractivity contribution in [3.8, 4) is 11.5 Å². The first-order chi connectivity index (χ1) is 14.7. The zero-order valence-corrected chi connectivity index (χ0v) is 19.4. The number of H-pyrrole nitrogens is 1. The van der Waals surface area contributed by atoms with Gasteiger partial charge in [0.1, 0.15) is 6.61 Å². The maximum atomic E-state index is 12.3. The van der Waals surface area contributed by atoms with Gasteiger partial charge in [-0.05, 0) is 29.8 Å². The first-order valence-corrected chi connectivity index (χ1v) is 10.9. The van der Waals surface area contributed by atoms with Gasteiger partial charge < -0.3 is 14.5 Å². The van der Waals surface area contributed by atoms with Gasteiger partial charge >= 0.3 is 0 Å². The minimum atomic E-state index is -0.502. The molecule has 0 aliphatic carbocycles. The molecule has 0 fully saturated rings. The third kappa shape index (κ3) is 5.87. The second kappa shape index (κ2) is 9.54. The van der Waals surface area contributed by atoms with Gasteiger partial charge in [0.2, 0.25) is 0 Å². The van der Waals surface area contributed by atoms with Gasteiger partial charge in [-0.2, -0.15) is 0 Å². The van der Waals surface area contributed by atoms with Crippen LogP contribution < -0.4 is 24.2 Å². The van der Waals surface area contributed by atoms with Crippen LogP contribution in [0.25, 0.3) is 12.2 Å². The number of methoxy groups -OCH3 is 1. The normalized spacial score (nSPS) is 12.8. The zero-order valence-electron chi connectivity index (χ0n) is 17.8. The van der Waals surface area contributed by atoms with E-state index in [4.69, 9.17) is 21.1 Å². The molecule has 0 aliphatic rings. The fourth-order valence-electron chi connectivity index (χ4n) is 2.68.